The number of carbonyl (C=O) groups is 1. The van der Waals surface area contributed by atoms with E-state index in [2.05, 4.69) is 20.6 Å². The van der Waals surface area contributed by atoms with Crippen LogP contribution in [0.5, 0.6) is 0 Å². The average Bonchev–Trinajstić information content (AvgIpc) is 3.59. The van der Waals surface area contributed by atoms with E-state index in [4.69, 9.17) is 4.42 Å². The summed E-state index contributed by atoms with van der Waals surface area (Å²) in [4.78, 5) is 24.9. The Morgan fingerprint density at radius 1 is 1.03 bits per heavy atom. The number of rotatable bonds is 7. The van der Waals surface area contributed by atoms with Crippen LogP contribution in [0.25, 0.3) is 23.0 Å². The molecule has 3 heterocycles. The molecule has 0 fully saturated rings. The Hall–Kier alpha value is -4.31. The van der Waals surface area contributed by atoms with Crippen molar-refractivity contribution >= 4 is 23.5 Å². The molecule has 170 valence electrons. The summed E-state index contributed by atoms with van der Waals surface area (Å²) in [5, 5.41) is 14.7. The van der Waals surface area contributed by atoms with Gasteiger partial charge in [0.25, 0.3) is 5.56 Å². The Morgan fingerprint density at radius 2 is 1.82 bits per heavy atom. The second-order valence-electron chi connectivity index (χ2n) is 7.47. The highest BCUT2D eigenvalue weighted by Crippen LogP contribution is 2.28. The molecule has 0 aliphatic rings. The summed E-state index contributed by atoms with van der Waals surface area (Å²) >= 11 is 1.24. The molecule has 0 radical (unpaired) electrons. The third kappa shape index (κ3) is 4.44. The highest BCUT2D eigenvalue weighted by molar-refractivity contribution is 7.99. The molecule has 2 aromatic carbocycles. The number of thioether (sulfide) groups is 1. The number of nitrogens with zero attached hydrogens (tertiary/aromatic N) is 4. The summed E-state index contributed by atoms with van der Waals surface area (Å²) in [5.41, 5.74) is 2.39. The fourth-order valence-corrected chi connectivity index (χ4v) is 4.15. The molecule has 9 nitrogen and oxygen atoms in total. The van der Waals surface area contributed by atoms with Crippen LogP contribution in [0.4, 0.5) is 5.82 Å². The van der Waals surface area contributed by atoms with Gasteiger partial charge in [-0.3, -0.25) is 19.3 Å². The lowest BCUT2D eigenvalue weighted by atomic mass is 10.2. The normalized spacial score (nSPS) is 11.0. The second-order valence-corrected chi connectivity index (χ2v) is 8.41. The standard InChI is InChI=1S/C24H20N6O3S/c1-16-9-11-17(12-10-16)29-23(19-8-5-13-33-19)26-27-24(29)34-15-21(31)25-20-14-22(32)30(28-20)18-6-3-2-4-7-18/h2-14,28H,15H2,1H3,(H,25,31). The predicted molar refractivity (Wildman–Crippen MR) is 130 cm³/mol. The molecule has 1 amide bonds. The lowest BCUT2D eigenvalue weighted by Gasteiger charge is -2.09. The van der Waals surface area contributed by atoms with Gasteiger partial charge in [0.2, 0.25) is 11.7 Å². The number of para-hydroxylation sites is 1. The van der Waals surface area contributed by atoms with Crippen LogP contribution in [0.15, 0.2) is 93.4 Å². The molecule has 0 bridgehead atoms. The largest absolute Gasteiger partial charge is 0.461 e. The maximum Gasteiger partial charge on any atom is 0.273 e. The summed E-state index contributed by atoms with van der Waals surface area (Å²) in [7, 11) is 0. The van der Waals surface area contributed by atoms with E-state index in [0.29, 0.717) is 28.2 Å². The van der Waals surface area contributed by atoms with Gasteiger partial charge in [0, 0.05) is 11.8 Å². The monoisotopic (exact) mass is 472 g/mol. The maximum atomic E-state index is 12.6. The van der Waals surface area contributed by atoms with Gasteiger partial charge in [0.05, 0.1) is 17.7 Å². The predicted octanol–water partition coefficient (Wildman–Crippen LogP) is 4.05. The van der Waals surface area contributed by atoms with Gasteiger partial charge in [-0.2, -0.15) is 0 Å². The minimum Gasteiger partial charge on any atom is -0.461 e. The number of nitrogens with one attached hydrogen (secondary N) is 2. The molecular weight excluding hydrogens is 452 g/mol. The molecule has 3 aromatic heterocycles. The number of hydrogen-bond acceptors (Lipinski definition) is 6. The maximum absolute atomic E-state index is 12.6. The molecule has 10 heteroatoms. The molecule has 0 atom stereocenters. The van der Waals surface area contributed by atoms with Crippen molar-refractivity contribution in [2.24, 2.45) is 0 Å². The van der Waals surface area contributed by atoms with Crippen molar-refractivity contribution in [3.63, 3.8) is 0 Å². The summed E-state index contributed by atoms with van der Waals surface area (Å²) in [6, 6.07) is 22.0. The fraction of sp³-hybridized carbons (Fsp3) is 0.0833. The smallest absolute Gasteiger partial charge is 0.273 e. The number of aromatic nitrogens is 5. The van der Waals surface area contributed by atoms with Crippen molar-refractivity contribution in [3.8, 4) is 23.0 Å². The summed E-state index contributed by atoms with van der Waals surface area (Å²) in [6.07, 6.45) is 1.58. The van der Waals surface area contributed by atoms with Crippen molar-refractivity contribution < 1.29 is 9.21 Å². The number of carbonyl (C=O) groups excluding carboxylic acids is 1. The van der Waals surface area contributed by atoms with Gasteiger partial charge < -0.3 is 9.73 Å². The van der Waals surface area contributed by atoms with E-state index in [1.165, 1.54) is 22.5 Å². The topological polar surface area (TPSA) is 111 Å². The molecule has 5 aromatic rings. The number of anilines is 1. The van der Waals surface area contributed by atoms with Crippen LogP contribution in [0.3, 0.4) is 0 Å². The number of H-pyrrole nitrogens is 1. The van der Waals surface area contributed by atoms with Crippen LogP contribution in [-0.4, -0.2) is 36.2 Å². The van der Waals surface area contributed by atoms with Gasteiger partial charge in [-0.05, 0) is 43.3 Å². The van der Waals surface area contributed by atoms with Crippen LogP contribution in [0, 0.1) is 6.92 Å². The van der Waals surface area contributed by atoms with Crippen molar-refractivity contribution in [1.82, 2.24) is 24.5 Å². The highest BCUT2D eigenvalue weighted by atomic mass is 32.2. The third-order valence-electron chi connectivity index (χ3n) is 5.01. The Bertz CT molecular complexity index is 1470. The van der Waals surface area contributed by atoms with Crippen LogP contribution in [0.2, 0.25) is 0 Å². The van der Waals surface area contributed by atoms with E-state index in [9.17, 15) is 9.59 Å². The highest BCUT2D eigenvalue weighted by Gasteiger charge is 2.19. The van der Waals surface area contributed by atoms with Gasteiger partial charge in [-0.25, -0.2) is 4.68 Å². The van der Waals surface area contributed by atoms with Crippen molar-refractivity contribution in [1.29, 1.82) is 0 Å². The Kier molecular flexibility index (Phi) is 5.88. The quantitative estimate of drug-likeness (QED) is 0.346. The molecule has 0 aliphatic carbocycles. The van der Waals surface area contributed by atoms with E-state index < -0.39 is 0 Å². The first-order valence-electron chi connectivity index (χ1n) is 10.4. The van der Waals surface area contributed by atoms with Gasteiger partial charge in [-0.15, -0.1) is 10.2 Å². The fourth-order valence-electron chi connectivity index (χ4n) is 3.40. The van der Waals surface area contributed by atoms with Gasteiger partial charge in [0.1, 0.15) is 5.82 Å². The summed E-state index contributed by atoms with van der Waals surface area (Å²) in [6.45, 7) is 2.01. The Labute approximate surface area is 198 Å². The molecule has 0 saturated heterocycles. The zero-order chi connectivity index (χ0) is 23.5. The summed E-state index contributed by atoms with van der Waals surface area (Å²) < 4.78 is 8.74. The second kappa shape index (κ2) is 9.28. The number of benzene rings is 2. The Morgan fingerprint density at radius 3 is 2.56 bits per heavy atom. The number of furan rings is 1. The average molecular weight is 473 g/mol. The molecule has 2 N–H and O–H groups in total. The van der Waals surface area contributed by atoms with Gasteiger partial charge >= 0.3 is 0 Å². The lowest BCUT2D eigenvalue weighted by Crippen LogP contribution is -2.15. The van der Waals surface area contributed by atoms with Crippen LogP contribution in [0.1, 0.15) is 5.56 Å². The molecule has 0 saturated carbocycles. The minimum atomic E-state index is -0.288. The van der Waals surface area contributed by atoms with E-state index in [0.717, 1.165) is 11.3 Å². The van der Waals surface area contributed by atoms with E-state index in [1.807, 2.05) is 60.0 Å². The van der Waals surface area contributed by atoms with Crippen LogP contribution >= 0.6 is 11.8 Å². The van der Waals surface area contributed by atoms with E-state index in [-0.39, 0.29) is 17.2 Å². The molecule has 0 unspecified atom stereocenters. The molecule has 34 heavy (non-hydrogen) atoms. The van der Waals surface area contributed by atoms with E-state index in [1.54, 1.807) is 24.5 Å². The molecule has 5 rings (SSSR count). The summed E-state index contributed by atoms with van der Waals surface area (Å²) in [5.74, 6) is 1.21. The molecular formula is C24H20N6O3S. The van der Waals surface area contributed by atoms with Crippen molar-refractivity contribution in [3.05, 3.63) is 95.0 Å². The van der Waals surface area contributed by atoms with Crippen molar-refractivity contribution in [2.75, 3.05) is 11.1 Å². The van der Waals surface area contributed by atoms with Crippen molar-refractivity contribution in [2.45, 2.75) is 12.1 Å². The van der Waals surface area contributed by atoms with Crippen LogP contribution < -0.4 is 10.9 Å². The Balaban J connectivity index is 1.34. The van der Waals surface area contributed by atoms with Gasteiger partial charge in [-0.1, -0.05) is 47.7 Å². The third-order valence-corrected chi connectivity index (χ3v) is 5.94. The first kappa shape index (κ1) is 21.5. The number of hydrogen-bond donors (Lipinski definition) is 2. The van der Waals surface area contributed by atoms with Gasteiger partial charge in [0.15, 0.2) is 10.9 Å². The van der Waals surface area contributed by atoms with E-state index >= 15 is 0 Å². The first-order chi connectivity index (χ1) is 16.6. The molecule has 0 aliphatic heterocycles. The number of aromatic amines is 1. The zero-order valence-corrected chi connectivity index (χ0v) is 19.0. The molecule has 0 spiro atoms. The minimum absolute atomic E-state index is 0.0701. The first-order valence-corrected chi connectivity index (χ1v) is 11.4. The number of aryl methyl sites for hydroxylation is 1. The number of amides is 1. The van der Waals surface area contributed by atoms with Crippen LogP contribution in [-0.2, 0) is 4.79 Å². The lowest BCUT2D eigenvalue weighted by molar-refractivity contribution is -0.113. The zero-order valence-electron chi connectivity index (χ0n) is 18.1. The SMILES string of the molecule is Cc1ccc(-n2c(SCC(=O)Nc3cc(=O)n(-c4ccccc4)[nH]3)nnc2-c2ccco2)cc1.